The summed E-state index contributed by atoms with van der Waals surface area (Å²) >= 11 is 1.48. The fourth-order valence-corrected chi connectivity index (χ4v) is 3.60. The fourth-order valence-electron chi connectivity index (χ4n) is 2.40. The summed E-state index contributed by atoms with van der Waals surface area (Å²) in [7, 11) is 0. The van der Waals surface area contributed by atoms with Crippen molar-refractivity contribution < 1.29 is 18.7 Å². The average Bonchev–Trinajstić information content (AvgIpc) is 3.05. The normalized spacial score (nSPS) is 16.6. The molecule has 0 bridgehead atoms. The lowest BCUT2D eigenvalue weighted by Crippen LogP contribution is -2.49. The largest absolute Gasteiger partial charge is 0.481 e. The van der Waals surface area contributed by atoms with Crippen LogP contribution in [0.5, 0.6) is 5.75 Å². The first-order valence-corrected chi connectivity index (χ1v) is 8.67. The Morgan fingerprint density at radius 3 is 2.60 bits per heavy atom. The van der Waals surface area contributed by atoms with Gasteiger partial charge in [-0.15, -0.1) is 11.8 Å². The zero-order valence-electron chi connectivity index (χ0n) is 13.5. The Hall–Kier alpha value is -2.54. The Bertz CT molecular complexity index is 757. The molecule has 2 aromatic carbocycles. The molecule has 3 rings (SSSR count). The van der Waals surface area contributed by atoms with Gasteiger partial charge in [0.2, 0.25) is 0 Å². The van der Waals surface area contributed by atoms with Gasteiger partial charge in [-0.1, -0.05) is 18.2 Å². The van der Waals surface area contributed by atoms with E-state index in [0.29, 0.717) is 12.2 Å². The number of carbonyl (C=O) groups excluding carboxylic acids is 2. The molecule has 0 radical (unpaired) electrons. The van der Waals surface area contributed by atoms with Crippen molar-refractivity contribution in [2.45, 2.75) is 29.6 Å². The first-order valence-electron chi connectivity index (χ1n) is 7.79. The van der Waals surface area contributed by atoms with Crippen molar-refractivity contribution in [1.29, 1.82) is 0 Å². The molecule has 0 saturated heterocycles. The van der Waals surface area contributed by atoms with Crippen molar-refractivity contribution in [1.82, 2.24) is 10.9 Å². The van der Waals surface area contributed by atoms with Gasteiger partial charge in [0.25, 0.3) is 11.8 Å². The Labute approximate surface area is 148 Å². The molecule has 0 fully saturated rings. The van der Waals surface area contributed by atoms with E-state index in [0.717, 1.165) is 10.5 Å². The van der Waals surface area contributed by atoms with Crippen LogP contribution in [0.2, 0.25) is 0 Å². The smallest absolute Gasteiger partial charge is 0.279 e. The number of hydrogen-bond acceptors (Lipinski definition) is 4. The highest BCUT2D eigenvalue weighted by Gasteiger charge is 2.28. The maximum Gasteiger partial charge on any atom is 0.279 e. The minimum absolute atomic E-state index is 0.261. The van der Waals surface area contributed by atoms with Crippen LogP contribution < -0.4 is 15.6 Å². The second kappa shape index (κ2) is 7.57. The molecule has 7 heteroatoms. The third-order valence-electron chi connectivity index (χ3n) is 3.74. The molecule has 1 aliphatic rings. The summed E-state index contributed by atoms with van der Waals surface area (Å²) in [6, 6.07) is 13.2. The number of hydrazine groups is 1. The lowest BCUT2D eigenvalue weighted by molar-refractivity contribution is -0.132. The van der Waals surface area contributed by atoms with Crippen LogP contribution in [0.1, 0.15) is 12.5 Å². The summed E-state index contributed by atoms with van der Waals surface area (Å²) in [5.41, 5.74) is 5.93. The topological polar surface area (TPSA) is 67.4 Å². The maximum absolute atomic E-state index is 12.9. The molecular formula is C18H17FN2O3S. The van der Waals surface area contributed by atoms with Gasteiger partial charge in [0, 0.05) is 4.90 Å². The van der Waals surface area contributed by atoms with E-state index in [1.165, 1.54) is 36.0 Å². The van der Waals surface area contributed by atoms with Crippen LogP contribution in [0.3, 0.4) is 0 Å². The molecule has 0 saturated carbocycles. The molecule has 0 spiro atoms. The molecule has 25 heavy (non-hydrogen) atoms. The summed E-state index contributed by atoms with van der Waals surface area (Å²) < 4.78 is 18.3. The number of fused-ring (bicyclic) bond motifs is 1. The number of rotatable bonds is 4. The number of amides is 2. The molecule has 0 aromatic heterocycles. The molecular weight excluding hydrogens is 343 g/mol. The highest BCUT2D eigenvalue weighted by molar-refractivity contribution is 8.01. The van der Waals surface area contributed by atoms with Gasteiger partial charge in [0.15, 0.2) is 6.10 Å². The van der Waals surface area contributed by atoms with Crippen LogP contribution in [-0.2, 0) is 16.0 Å². The quantitative estimate of drug-likeness (QED) is 0.822. The zero-order valence-corrected chi connectivity index (χ0v) is 14.3. The van der Waals surface area contributed by atoms with Gasteiger partial charge < -0.3 is 4.74 Å². The molecule has 2 amide bonds. The number of nitrogens with one attached hydrogen (secondary N) is 2. The van der Waals surface area contributed by atoms with Gasteiger partial charge in [0.05, 0.1) is 5.25 Å². The molecule has 2 unspecified atom stereocenters. The number of halogens is 1. The van der Waals surface area contributed by atoms with Crippen LogP contribution in [0.4, 0.5) is 4.39 Å². The molecule has 0 aliphatic carbocycles. The minimum atomic E-state index is -0.834. The number of thioether (sulfide) groups is 1. The van der Waals surface area contributed by atoms with Gasteiger partial charge in [-0.05, 0) is 49.2 Å². The highest BCUT2D eigenvalue weighted by Crippen LogP contribution is 2.36. The van der Waals surface area contributed by atoms with Gasteiger partial charge in [-0.25, -0.2) is 4.39 Å². The molecule has 2 N–H and O–H groups in total. The minimum Gasteiger partial charge on any atom is -0.481 e. The van der Waals surface area contributed by atoms with Crippen molar-refractivity contribution in [2.75, 3.05) is 0 Å². The second-order valence-electron chi connectivity index (χ2n) is 5.61. The van der Waals surface area contributed by atoms with Crippen LogP contribution in [-0.4, -0.2) is 23.2 Å². The summed E-state index contributed by atoms with van der Waals surface area (Å²) in [6.45, 7) is 1.55. The van der Waals surface area contributed by atoms with Crippen molar-refractivity contribution in [2.24, 2.45) is 0 Å². The van der Waals surface area contributed by atoms with Crippen LogP contribution in [0, 0.1) is 5.82 Å². The first kappa shape index (κ1) is 17.3. The monoisotopic (exact) mass is 360 g/mol. The van der Waals surface area contributed by atoms with Crippen molar-refractivity contribution >= 4 is 23.6 Å². The average molecular weight is 360 g/mol. The summed E-state index contributed by atoms with van der Waals surface area (Å²) in [6.07, 6.45) is -0.205. The van der Waals surface area contributed by atoms with Crippen LogP contribution in [0.25, 0.3) is 0 Å². The number of carbonyl (C=O) groups is 2. The van der Waals surface area contributed by atoms with E-state index in [4.69, 9.17) is 4.74 Å². The third-order valence-corrected chi connectivity index (χ3v) is 5.06. The van der Waals surface area contributed by atoms with E-state index < -0.39 is 12.0 Å². The fraction of sp³-hybridized carbons (Fsp3) is 0.222. The summed E-state index contributed by atoms with van der Waals surface area (Å²) in [4.78, 5) is 25.3. The Kier molecular flexibility index (Phi) is 5.23. The van der Waals surface area contributed by atoms with E-state index in [2.05, 4.69) is 10.9 Å². The van der Waals surface area contributed by atoms with E-state index in [1.807, 2.05) is 24.3 Å². The standard InChI is InChI=1S/C18H17FN2O3S/c1-11(24-14-8-6-13(19)7-9-14)17(22)20-21-18(23)16-10-12-4-2-3-5-15(12)25-16/h2-9,11,16H,10H2,1H3,(H,20,22)(H,21,23). The molecule has 2 atom stereocenters. The third kappa shape index (κ3) is 4.30. The number of ether oxygens (including phenoxy) is 1. The van der Waals surface area contributed by atoms with Crippen molar-refractivity contribution in [3.8, 4) is 5.75 Å². The highest BCUT2D eigenvalue weighted by atomic mass is 32.2. The molecule has 2 aromatic rings. The van der Waals surface area contributed by atoms with Gasteiger partial charge >= 0.3 is 0 Å². The Morgan fingerprint density at radius 2 is 1.88 bits per heavy atom. The Balaban J connectivity index is 1.47. The predicted octanol–water partition coefficient (Wildman–Crippen LogP) is 2.46. The van der Waals surface area contributed by atoms with E-state index in [-0.39, 0.29) is 17.0 Å². The lowest BCUT2D eigenvalue weighted by Gasteiger charge is -2.16. The molecule has 1 heterocycles. The van der Waals surface area contributed by atoms with E-state index in [9.17, 15) is 14.0 Å². The number of benzene rings is 2. The molecule has 130 valence electrons. The van der Waals surface area contributed by atoms with Crippen molar-refractivity contribution in [3.63, 3.8) is 0 Å². The van der Waals surface area contributed by atoms with Crippen LogP contribution in [0.15, 0.2) is 53.4 Å². The van der Waals surface area contributed by atoms with Gasteiger partial charge in [0.1, 0.15) is 11.6 Å². The summed E-state index contributed by atoms with van der Waals surface area (Å²) in [5, 5.41) is -0.272. The predicted molar refractivity (Wildman–Crippen MR) is 92.6 cm³/mol. The summed E-state index contributed by atoms with van der Waals surface area (Å²) in [5.74, 6) is -0.759. The first-order chi connectivity index (χ1) is 12.0. The van der Waals surface area contributed by atoms with Gasteiger partial charge in [-0.2, -0.15) is 0 Å². The Morgan fingerprint density at radius 1 is 1.16 bits per heavy atom. The van der Waals surface area contributed by atoms with Crippen LogP contribution >= 0.6 is 11.8 Å². The number of hydrogen-bond donors (Lipinski definition) is 2. The molecule has 5 nitrogen and oxygen atoms in total. The van der Waals surface area contributed by atoms with Crippen molar-refractivity contribution in [3.05, 3.63) is 59.9 Å². The molecule has 1 aliphatic heterocycles. The van der Waals surface area contributed by atoms with E-state index in [1.54, 1.807) is 6.92 Å². The van der Waals surface area contributed by atoms with E-state index >= 15 is 0 Å². The maximum atomic E-state index is 12.9. The lowest BCUT2D eigenvalue weighted by atomic mass is 10.1. The zero-order chi connectivity index (χ0) is 17.8. The second-order valence-corrected chi connectivity index (χ2v) is 6.86. The SMILES string of the molecule is CC(Oc1ccc(F)cc1)C(=O)NNC(=O)C1Cc2ccccc2S1. The van der Waals surface area contributed by atoms with Gasteiger partial charge in [-0.3, -0.25) is 20.4 Å².